The van der Waals surface area contributed by atoms with Crippen LogP contribution >= 0.6 is 11.3 Å². The highest BCUT2D eigenvalue weighted by atomic mass is 32.1. The maximum Gasteiger partial charge on any atom is 0.261 e. The van der Waals surface area contributed by atoms with Gasteiger partial charge >= 0.3 is 0 Å². The molecule has 0 spiro atoms. The fourth-order valence-electron chi connectivity index (χ4n) is 1.70. The summed E-state index contributed by atoms with van der Waals surface area (Å²) in [5.74, 6) is -0.404. The molecular weight excluding hydrogens is 282 g/mol. The van der Waals surface area contributed by atoms with Crippen molar-refractivity contribution in [3.05, 3.63) is 27.1 Å². The molecule has 0 aromatic carbocycles. The number of carbonyl (C=O) groups excluding carboxylic acids is 1. The molecule has 0 saturated heterocycles. The first kappa shape index (κ1) is 14.6. The number of aromatic amines is 1. The topological polar surface area (TPSA) is 115 Å². The minimum Gasteiger partial charge on any atom is -0.393 e. The number of aryl methyl sites for hydroxylation is 1. The highest BCUT2D eigenvalue weighted by Crippen LogP contribution is 2.26. The molecule has 0 fully saturated rings. The van der Waals surface area contributed by atoms with E-state index in [1.54, 1.807) is 6.92 Å². The van der Waals surface area contributed by atoms with Crippen LogP contribution < -0.4 is 10.9 Å². The van der Waals surface area contributed by atoms with E-state index in [0.29, 0.717) is 20.7 Å². The number of aliphatic hydroxyl groups excluding tert-OH is 1. The van der Waals surface area contributed by atoms with Crippen molar-refractivity contribution < 1.29 is 15.0 Å². The third-order valence-electron chi connectivity index (χ3n) is 2.91. The fourth-order valence-corrected chi connectivity index (χ4v) is 2.77. The van der Waals surface area contributed by atoms with Gasteiger partial charge in [-0.3, -0.25) is 9.59 Å². The lowest BCUT2D eigenvalue weighted by Crippen LogP contribution is -2.43. The molecule has 108 valence electrons. The van der Waals surface area contributed by atoms with Crippen molar-refractivity contribution in [2.75, 3.05) is 13.2 Å². The van der Waals surface area contributed by atoms with E-state index in [0.717, 1.165) is 11.3 Å². The standard InChI is InChI=1S/C12H15N3O4S/c1-6-7-9(17)14-5-15-11(7)20-8(6)10(18)13-3-12(2,19)4-16/h5,16,19H,3-4H2,1-2H3,(H,13,18)(H,14,15,17). The van der Waals surface area contributed by atoms with Crippen LogP contribution in [0.2, 0.25) is 0 Å². The van der Waals surface area contributed by atoms with E-state index in [2.05, 4.69) is 15.3 Å². The summed E-state index contributed by atoms with van der Waals surface area (Å²) in [7, 11) is 0. The first-order valence-electron chi connectivity index (χ1n) is 5.94. The molecular formula is C12H15N3O4S. The molecule has 0 aliphatic carbocycles. The smallest absolute Gasteiger partial charge is 0.261 e. The van der Waals surface area contributed by atoms with E-state index in [1.165, 1.54) is 13.3 Å². The van der Waals surface area contributed by atoms with Crippen molar-refractivity contribution in [1.29, 1.82) is 0 Å². The number of aliphatic hydroxyl groups is 2. The van der Waals surface area contributed by atoms with Crippen molar-refractivity contribution in [3.63, 3.8) is 0 Å². The summed E-state index contributed by atoms with van der Waals surface area (Å²) >= 11 is 1.12. The SMILES string of the molecule is Cc1c(C(=O)NCC(C)(O)CO)sc2nc[nH]c(=O)c12. The minimum atomic E-state index is -1.38. The molecule has 7 nitrogen and oxygen atoms in total. The molecule has 2 heterocycles. The van der Waals surface area contributed by atoms with Crippen LogP contribution in [0.5, 0.6) is 0 Å². The molecule has 4 N–H and O–H groups in total. The Kier molecular flexibility index (Phi) is 3.89. The van der Waals surface area contributed by atoms with Crippen LogP contribution in [0.1, 0.15) is 22.2 Å². The van der Waals surface area contributed by atoms with Gasteiger partial charge in [0.25, 0.3) is 11.5 Å². The molecule has 2 aromatic rings. The van der Waals surface area contributed by atoms with Crippen LogP contribution in [-0.2, 0) is 0 Å². The summed E-state index contributed by atoms with van der Waals surface area (Å²) in [5.41, 5.74) is -1.11. The van der Waals surface area contributed by atoms with Crippen LogP contribution in [0.4, 0.5) is 0 Å². The molecule has 2 rings (SSSR count). The van der Waals surface area contributed by atoms with E-state index in [9.17, 15) is 14.7 Å². The third-order valence-corrected chi connectivity index (χ3v) is 4.11. The third kappa shape index (κ3) is 2.72. The summed E-state index contributed by atoms with van der Waals surface area (Å²) in [6, 6.07) is 0. The second-order valence-electron chi connectivity index (χ2n) is 4.81. The summed E-state index contributed by atoms with van der Waals surface area (Å²) in [6.45, 7) is 2.55. The Hall–Kier alpha value is -1.77. The minimum absolute atomic E-state index is 0.0835. The van der Waals surface area contributed by atoms with Gasteiger partial charge in [0.05, 0.1) is 23.2 Å². The number of nitrogens with one attached hydrogen (secondary N) is 2. The Morgan fingerprint density at radius 2 is 2.30 bits per heavy atom. The Balaban J connectivity index is 2.30. The number of H-pyrrole nitrogens is 1. The summed E-state index contributed by atoms with van der Waals surface area (Å²) < 4.78 is 0. The monoisotopic (exact) mass is 297 g/mol. The molecule has 8 heteroatoms. The summed E-state index contributed by atoms with van der Waals surface area (Å²) in [5, 5.41) is 21.5. The zero-order valence-corrected chi connectivity index (χ0v) is 11.9. The van der Waals surface area contributed by atoms with Gasteiger partial charge in [0, 0.05) is 6.54 Å². The molecule has 1 unspecified atom stereocenters. The fraction of sp³-hybridized carbons (Fsp3) is 0.417. The molecule has 0 radical (unpaired) electrons. The first-order valence-corrected chi connectivity index (χ1v) is 6.75. The van der Waals surface area contributed by atoms with Gasteiger partial charge in [0.1, 0.15) is 10.4 Å². The van der Waals surface area contributed by atoms with Crippen LogP contribution in [-0.4, -0.2) is 44.8 Å². The average molecular weight is 297 g/mol. The second kappa shape index (κ2) is 5.31. The predicted molar refractivity (Wildman–Crippen MR) is 75.0 cm³/mol. The zero-order valence-electron chi connectivity index (χ0n) is 11.1. The number of rotatable bonds is 4. The maximum atomic E-state index is 12.1. The van der Waals surface area contributed by atoms with Gasteiger partial charge in [-0.25, -0.2) is 4.98 Å². The number of fused-ring (bicyclic) bond motifs is 1. The molecule has 20 heavy (non-hydrogen) atoms. The Bertz CT molecular complexity index is 704. The lowest BCUT2D eigenvalue weighted by atomic mass is 10.1. The predicted octanol–water partition coefficient (Wildman–Crippen LogP) is -0.234. The Labute approximate surface area is 118 Å². The number of hydrogen-bond acceptors (Lipinski definition) is 6. The summed E-state index contributed by atoms with van der Waals surface area (Å²) in [6.07, 6.45) is 1.29. The number of hydrogen-bond donors (Lipinski definition) is 4. The van der Waals surface area contributed by atoms with Crippen LogP contribution in [0, 0.1) is 6.92 Å². The highest BCUT2D eigenvalue weighted by molar-refractivity contribution is 7.20. The van der Waals surface area contributed by atoms with Gasteiger partial charge in [-0.1, -0.05) is 0 Å². The number of nitrogens with zero attached hydrogens (tertiary/aromatic N) is 1. The van der Waals surface area contributed by atoms with Crippen LogP contribution in [0.3, 0.4) is 0 Å². The molecule has 1 amide bonds. The lowest BCUT2D eigenvalue weighted by molar-refractivity contribution is 0.00323. The van der Waals surface area contributed by atoms with Crippen LogP contribution in [0.15, 0.2) is 11.1 Å². The van der Waals surface area contributed by atoms with E-state index in [1.807, 2.05) is 0 Å². The van der Waals surface area contributed by atoms with E-state index in [-0.39, 0.29) is 12.1 Å². The quantitative estimate of drug-likeness (QED) is 0.622. The van der Waals surface area contributed by atoms with E-state index < -0.39 is 18.1 Å². The van der Waals surface area contributed by atoms with Gasteiger partial charge in [-0.15, -0.1) is 11.3 Å². The van der Waals surface area contributed by atoms with Gasteiger partial charge in [0.15, 0.2) is 0 Å². The molecule has 2 aromatic heterocycles. The van der Waals surface area contributed by atoms with Crippen molar-refractivity contribution in [3.8, 4) is 0 Å². The average Bonchev–Trinajstić information content (AvgIpc) is 2.75. The van der Waals surface area contributed by atoms with Crippen molar-refractivity contribution >= 4 is 27.5 Å². The largest absolute Gasteiger partial charge is 0.393 e. The van der Waals surface area contributed by atoms with Gasteiger partial charge in [0.2, 0.25) is 0 Å². The lowest BCUT2D eigenvalue weighted by Gasteiger charge is -2.20. The number of aromatic nitrogens is 2. The van der Waals surface area contributed by atoms with E-state index in [4.69, 9.17) is 5.11 Å². The van der Waals surface area contributed by atoms with Gasteiger partial charge < -0.3 is 20.5 Å². The number of amides is 1. The molecule has 0 bridgehead atoms. The molecule has 1 atom stereocenters. The molecule has 0 aliphatic rings. The number of carbonyl (C=O) groups is 1. The molecule has 0 aliphatic heterocycles. The number of thiophene rings is 1. The highest BCUT2D eigenvalue weighted by Gasteiger charge is 2.23. The first-order chi connectivity index (χ1) is 9.35. The zero-order chi connectivity index (χ0) is 14.9. The summed E-state index contributed by atoms with van der Waals surface area (Å²) in [4.78, 5) is 31.1. The Morgan fingerprint density at radius 3 is 2.90 bits per heavy atom. The molecule has 0 saturated carbocycles. The van der Waals surface area contributed by atoms with E-state index >= 15 is 0 Å². The van der Waals surface area contributed by atoms with Gasteiger partial charge in [-0.2, -0.15) is 0 Å². The Morgan fingerprint density at radius 1 is 1.60 bits per heavy atom. The maximum absolute atomic E-state index is 12.1. The van der Waals surface area contributed by atoms with Crippen molar-refractivity contribution in [2.45, 2.75) is 19.4 Å². The van der Waals surface area contributed by atoms with Crippen LogP contribution in [0.25, 0.3) is 10.2 Å². The van der Waals surface area contributed by atoms with Gasteiger partial charge in [-0.05, 0) is 19.4 Å². The van der Waals surface area contributed by atoms with Crippen molar-refractivity contribution in [1.82, 2.24) is 15.3 Å². The normalized spacial score (nSPS) is 14.2. The van der Waals surface area contributed by atoms with Crippen molar-refractivity contribution in [2.24, 2.45) is 0 Å². The second-order valence-corrected chi connectivity index (χ2v) is 5.80.